The lowest BCUT2D eigenvalue weighted by molar-refractivity contribution is 0.221. The molecule has 1 aliphatic rings. The van der Waals surface area contributed by atoms with E-state index in [9.17, 15) is 5.26 Å². The smallest absolute Gasteiger partial charge is 0.0852 e. The van der Waals surface area contributed by atoms with Gasteiger partial charge in [0.2, 0.25) is 0 Å². The fraction of sp³-hybridized carbons (Fsp3) is 0.533. The Balaban J connectivity index is 1.87. The molecule has 0 atom stereocenters. The number of rotatable bonds is 5. The zero-order valence-electron chi connectivity index (χ0n) is 11.2. The largest absolute Gasteiger partial charge is 0.313 e. The van der Waals surface area contributed by atoms with Crippen LogP contribution in [0.2, 0.25) is 0 Å². The monoisotopic (exact) mass is 243 g/mol. The second-order valence-corrected chi connectivity index (χ2v) is 5.42. The van der Waals surface area contributed by atoms with Crippen LogP contribution < -0.4 is 5.32 Å². The normalized spacial score (nSPS) is 26.7. The zero-order chi connectivity index (χ0) is 13.0. The van der Waals surface area contributed by atoms with Crippen molar-refractivity contribution in [1.29, 1.82) is 5.26 Å². The van der Waals surface area contributed by atoms with E-state index in [-0.39, 0.29) is 5.41 Å². The summed E-state index contributed by atoms with van der Waals surface area (Å²) in [5.74, 6) is 0. The van der Waals surface area contributed by atoms with Crippen molar-refractivity contribution in [3.8, 4) is 6.07 Å². The van der Waals surface area contributed by atoms with Crippen LogP contribution in [0.25, 0.3) is 0 Å². The highest BCUT2D eigenvalue weighted by Gasteiger charge is 2.45. The number of nitrogens with one attached hydrogen (secondary N) is 1. The molecule has 96 valence electrons. The summed E-state index contributed by atoms with van der Waals surface area (Å²) < 4.78 is 0. The Kier molecular flexibility index (Phi) is 4.00. The molecule has 1 fully saturated rings. The van der Waals surface area contributed by atoms with Crippen molar-refractivity contribution in [3.05, 3.63) is 35.9 Å². The van der Waals surface area contributed by atoms with E-state index in [1.165, 1.54) is 0 Å². The molecule has 2 rings (SSSR count). The molecule has 0 aliphatic heterocycles. The first kappa shape index (κ1) is 13.1. The molecule has 1 N–H and O–H groups in total. The van der Waals surface area contributed by atoms with Crippen LogP contribution >= 0.6 is 0 Å². The van der Waals surface area contributed by atoms with Crippen LogP contribution in [0.15, 0.2) is 30.3 Å². The van der Waals surface area contributed by atoms with Gasteiger partial charge in [0.05, 0.1) is 11.5 Å². The number of hydrogen-bond donors (Lipinski definition) is 1. The van der Waals surface area contributed by atoms with Crippen LogP contribution in [0.5, 0.6) is 0 Å². The van der Waals surface area contributed by atoms with Crippen molar-refractivity contribution >= 4 is 0 Å². The minimum absolute atomic E-state index is 0.253. The SMILES string of the molecule is CN(C)CCNC1CC(C#N)(c2ccccc2)C1. The first-order chi connectivity index (χ1) is 8.66. The molecule has 1 aromatic rings. The van der Waals surface area contributed by atoms with E-state index < -0.39 is 0 Å². The molecule has 0 spiro atoms. The van der Waals surface area contributed by atoms with E-state index in [4.69, 9.17) is 0 Å². The Morgan fingerprint density at radius 2 is 2.00 bits per heavy atom. The Morgan fingerprint density at radius 1 is 1.33 bits per heavy atom. The Hall–Kier alpha value is -1.37. The second-order valence-electron chi connectivity index (χ2n) is 5.42. The molecule has 0 radical (unpaired) electrons. The second kappa shape index (κ2) is 5.51. The van der Waals surface area contributed by atoms with E-state index in [1.54, 1.807) is 0 Å². The molecule has 3 heteroatoms. The van der Waals surface area contributed by atoms with Crippen molar-refractivity contribution in [2.45, 2.75) is 24.3 Å². The predicted octanol–water partition coefficient (Wildman–Crippen LogP) is 1.76. The van der Waals surface area contributed by atoms with Crippen LogP contribution in [0.1, 0.15) is 18.4 Å². The zero-order valence-corrected chi connectivity index (χ0v) is 11.2. The van der Waals surface area contributed by atoms with Gasteiger partial charge in [-0.15, -0.1) is 0 Å². The summed E-state index contributed by atoms with van der Waals surface area (Å²) in [6.07, 6.45) is 1.86. The van der Waals surface area contributed by atoms with Crippen LogP contribution in [-0.2, 0) is 5.41 Å². The van der Waals surface area contributed by atoms with Crippen LogP contribution in [0.4, 0.5) is 0 Å². The Bertz CT molecular complexity index is 413. The van der Waals surface area contributed by atoms with Crippen molar-refractivity contribution < 1.29 is 0 Å². The predicted molar refractivity (Wildman–Crippen MR) is 73.3 cm³/mol. The third-order valence-corrected chi connectivity index (χ3v) is 3.72. The maximum atomic E-state index is 9.44. The Labute approximate surface area is 109 Å². The lowest BCUT2D eigenvalue weighted by Gasteiger charge is -2.43. The summed E-state index contributed by atoms with van der Waals surface area (Å²) in [6, 6.07) is 13.2. The minimum Gasteiger partial charge on any atom is -0.313 e. The molecule has 0 bridgehead atoms. The standard InChI is InChI=1S/C15H21N3/c1-18(2)9-8-17-14-10-15(11-14,12-16)13-6-4-3-5-7-13/h3-7,14,17H,8-11H2,1-2H3. The number of nitriles is 1. The highest BCUT2D eigenvalue weighted by Crippen LogP contribution is 2.43. The van der Waals surface area contributed by atoms with E-state index in [0.717, 1.165) is 31.5 Å². The highest BCUT2D eigenvalue weighted by atomic mass is 15.1. The van der Waals surface area contributed by atoms with Gasteiger partial charge in [0.15, 0.2) is 0 Å². The molecular weight excluding hydrogens is 222 g/mol. The molecule has 18 heavy (non-hydrogen) atoms. The quantitative estimate of drug-likeness (QED) is 0.856. The highest BCUT2D eigenvalue weighted by molar-refractivity contribution is 5.36. The van der Waals surface area contributed by atoms with Crippen molar-refractivity contribution in [2.24, 2.45) is 0 Å². The minimum atomic E-state index is -0.253. The van der Waals surface area contributed by atoms with Gasteiger partial charge in [0.1, 0.15) is 0 Å². The summed E-state index contributed by atoms with van der Waals surface area (Å²) in [7, 11) is 4.15. The van der Waals surface area contributed by atoms with Gasteiger partial charge in [-0.25, -0.2) is 0 Å². The van der Waals surface area contributed by atoms with Gasteiger partial charge in [-0.1, -0.05) is 30.3 Å². The molecule has 1 saturated carbocycles. The Morgan fingerprint density at radius 3 is 2.56 bits per heavy atom. The average molecular weight is 243 g/mol. The lowest BCUT2D eigenvalue weighted by atomic mass is 9.62. The third kappa shape index (κ3) is 2.72. The average Bonchev–Trinajstić information content (AvgIpc) is 2.33. The molecule has 0 heterocycles. The summed E-state index contributed by atoms with van der Waals surface area (Å²) >= 11 is 0. The summed E-state index contributed by atoms with van der Waals surface area (Å²) in [4.78, 5) is 2.17. The van der Waals surface area contributed by atoms with Crippen molar-refractivity contribution in [1.82, 2.24) is 10.2 Å². The van der Waals surface area contributed by atoms with Crippen molar-refractivity contribution in [2.75, 3.05) is 27.2 Å². The van der Waals surface area contributed by atoms with Crippen LogP contribution in [0, 0.1) is 11.3 Å². The fourth-order valence-corrected chi connectivity index (χ4v) is 2.57. The molecular formula is C15H21N3. The summed E-state index contributed by atoms with van der Waals surface area (Å²) in [5.41, 5.74) is 0.912. The maximum Gasteiger partial charge on any atom is 0.0852 e. The first-order valence-corrected chi connectivity index (χ1v) is 6.51. The summed E-state index contributed by atoms with van der Waals surface area (Å²) in [6.45, 7) is 2.04. The maximum absolute atomic E-state index is 9.44. The topological polar surface area (TPSA) is 39.1 Å². The third-order valence-electron chi connectivity index (χ3n) is 3.72. The van der Waals surface area contributed by atoms with Gasteiger partial charge in [-0.3, -0.25) is 0 Å². The van der Waals surface area contributed by atoms with Gasteiger partial charge in [0, 0.05) is 19.1 Å². The van der Waals surface area contributed by atoms with Gasteiger partial charge < -0.3 is 10.2 Å². The molecule has 1 aromatic carbocycles. The van der Waals surface area contributed by atoms with Crippen molar-refractivity contribution in [3.63, 3.8) is 0 Å². The molecule has 0 unspecified atom stereocenters. The van der Waals surface area contributed by atoms with Crippen LogP contribution in [0.3, 0.4) is 0 Å². The molecule has 0 aromatic heterocycles. The van der Waals surface area contributed by atoms with Gasteiger partial charge in [-0.05, 0) is 32.5 Å². The number of hydrogen-bond acceptors (Lipinski definition) is 3. The van der Waals surface area contributed by atoms with E-state index in [0.29, 0.717) is 6.04 Å². The number of nitrogens with zero attached hydrogens (tertiary/aromatic N) is 2. The number of benzene rings is 1. The molecule has 1 aliphatic carbocycles. The summed E-state index contributed by atoms with van der Waals surface area (Å²) in [5, 5.41) is 13.0. The van der Waals surface area contributed by atoms with E-state index in [1.807, 2.05) is 18.2 Å². The number of likely N-dealkylation sites (N-methyl/N-ethyl adjacent to an activating group) is 1. The fourth-order valence-electron chi connectivity index (χ4n) is 2.57. The van der Waals surface area contributed by atoms with Gasteiger partial charge in [0.25, 0.3) is 0 Å². The van der Waals surface area contributed by atoms with E-state index >= 15 is 0 Å². The van der Waals surface area contributed by atoms with E-state index in [2.05, 4.69) is 42.5 Å². The van der Waals surface area contributed by atoms with Gasteiger partial charge in [-0.2, -0.15) is 5.26 Å². The lowest BCUT2D eigenvalue weighted by Crippen LogP contribution is -2.52. The van der Waals surface area contributed by atoms with Gasteiger partial charge >= 0.3 is 0 Å². The molecule has 3 nitrogen and oxygen atoms in total. The molecule has 0 amide bonds. The van der Waals surface area contributed by atoms with Crippen LogP contribution in [-0.4, -0.2) is 38.1 Å². The molecule has 0 saturated heterocycles. The first-order valence-electron chi connectivity index (χ1n) is 6.51.